The van der Waals surface area contributed by atoms with Crippen molar-refractivity contribution in [3.8, 4) is 0 Å². The molecule has 4 nitrogen and oxygen atoms in total. The van der Waals surface area contributed by atoms with E-state index in [0.29, 0.717) is 12.4 Å². The van der Waals surface area contributed by atoms with Crippen molar-refractivity contribution in [2.24, 2.45) is 0 Å². The highest BCUT2D eigenvalue weighted by Gasteiger charge is 2.32. The normalized spacial score (nSPS) is 21.0. The summed E-state index contributed by atoms with van der Waals surface area (Å²) in [5, 5.41) is 1.76. The van der Waals surface area contributed by atoms with E-state index in [1.165, 1.54) is 10.4 Å². The first-order valence-corrected chi connectivity index (χ1v) is 9.21. The van der Waals surface area contributed by atoms with Crippen molar-refractivity contribution in [2.75, 3.05) is 11.5 Å². The van der Waals surface area contributed by atoms with Gasteiger partial charge >= 0.3 is 0 Å². The zero-order valence-corrected chi connectivity index (χ0v) is 14.9. The van der Waals surface area contributed by atoms with Gasteiger partial charge in [-0.3, -0.25) is 0 Å². The second kappa shape index (κ2) is 5.83. The molecule has 3 rings (SSSR count). The van der Waals surface area contributed by atoms with Crippen molar-refractivity contribution in [3.63, 3.8) is 0 Å². The van der Waals surface area contributed by atoms with Gasteiger partial charge in [-0.05, 0) is 25.8 Å². The first kappa shape index (κ1) is 15.8. The lowest BCUT2D eigenvalue weighted by atomic mass is 9.90. The van der Waals surface area contributed by atoms with Crippen LogP contribution in [0.2, 0.25) is 0 Å². The van der Waals surface area contributed by atoms with Gasteiger partial charge in [0.2, 0.25) is 0 Å². The Labute approximate surface area is 139 Å². The third kappa shape index (κ3) is 2.87. The second-order valence-corrected chi connectivity index (χ2v) is 8.12. The van der Waals surface area contributed by atoms with Crippen LogP contribution >= 0.6 is 23.1 Å². The fraction of sp³-hybridized carbons (Fsp3) is 0.500. The fourth-order valence-corrected chi connectivity index (χ4v) is 4.42. The maximum Gasteiger partial charge on any atom is 0.191 e. The molecular weight excluding hydrogens is 314 g/mol. The first-order chi connectivity index (χ1) is 10.4. The summed E-state index contributed by atoms with van der Waals surface area (Å²) in [5.41, 5.74) is 8.51. The van der Waals surface area contributed by atoms with E-state index in [0.717, 1.165) is 39.5 Å². The maximum absolute atomic E-state index is 6.24. The van der Waals surface area contributed by atoms with Crippen molar-refractivity contribution >= 4 is 39.1 Å². The summed E-state index contributed by atoms with van der Waals surface area (Å²) >= 11 is 3.26. The zero-order chi connectivity index (χ0) is 15.9. The summed E-state index contributed by atoms with van der Waals surface area (Å²) in [6, 6.07) is 0. The minimum atomic E-state index is -0.110. The van der Waals surface area contributed by atoms with Crippen molar-refractivity contribution in [3.05, 3.63) is 22.6 Å². The average molecular weight is 335 g/mol. The van der Waals surface area contributed by atoms with Crippen molar-refractivity contribution < 1.29 is 4.74 Å². The molecule has 118 valence electrons. The molecule has 0 saturated carbocycles. The molecule has 0 spiro atoms. The van der Waals surface area contributed by atoms with E-state index >= 15 is 0 Å². The third-order valence-electron chi connectivity index (χ3n) is 4.04. The van der Waals surface area contributed by atoms with Crippen LogP contribution in [0.3, 0.4) is 0 Å². The van der Waals surface area contributed by atoms with Gasteiger partial charge in [0, 0.05) is 17.1 Å². The molecule has 0 fully saturated rings. The van der Waals surface area contributed by atoms with Crippen LogP contribution < -0.4 is 5.73 Å². The van der Waals surface area contributed by atoms with Crippen molar-refractivity contribution in [1.82, 2.24) is 9.97 Å². The molecule has 0 bridgehead atoms. The zero-order valence-electron chi connectivity index (χ0n) is 13.2. The monoisotopic (exact) mass is 335 g/mol. The van der Waals surface area contributed by atoms with Crippen LogP contribution in [0.4, 0.5) is 5.82 Å². The standard InChI is InChI=1S/C16H21N3OS2/c1-5-16(4)6-10-11(7-20-16)22-14-12(10)13(17)18-15(19-14)21-8-9(2)3/h2,5-8H2,1,3-4H3,(H2,17,18,19)/t16-/m0/s1. The molecular formula is C16H21N3OS2. The molecule has 0 aromatic carbocycles. The summed E-state index contributed by atoms with van der Waals surface area (Å²) < 4.78 is 6.02. The molecule has 3 heterocycles. The molecule has 1 aliphatic heterocycles. The van der Waals surface area contributed by atoms with E-state index in [2.05, 4.69) is 30.4 Å². The van der Waals surface area contributed by atoms with Crippen LogP contribution in [0.15, 0.2) is 17.3 Å². The van der Waals surface area contributed by atoms with Gasteiger partial charge in [0.25, 0.3) is 0 Å². The van der Waals surface area contributed by atoms with Crippen LogP contribution in [0.1, 0.15) is 37.6 Å². The molecule has 6 heteroatoms. The highest BCUT2D eigenvalue weighted by molar-refractivity contribution is 7.99. The molecule has 2 aromatic heterocycles. The molecule has 0 saturated heterocycles. The van der Waals surface area contributed by atoms with Crippen LogP contribution in [0.5, 0.6) is 0 Å². The Bertz CT molecular complexity index is 741. The smallest absolute Gasteiger partial charge is 0.191 e. The Morgan fingerprint density at radius 3 is 2.95 bits per heavy atom. The number of thioether (sulfide) groups is 1. The van der Waals surface area contributed by atoms with Gasteiger partial charge in [0.05, 0.1) is 17.6 Å². The van der Waals surface area contributed by atoms with Gasteiger partial charge in [0.1, 0.15) is 10.6 Å². The summed E-state index contributed by atoms with van der Waals surface area (Å²) in [7, 11) is 0. The second-order valence-electron chi connectivity index (χ2n) is 6.09. The van der Waals surface area contributed by atoms with Gasteiger partial charge in [-0.25, -0.2) is 9.97 Å². The van der Waals surface area contributed by atoms with Gasteiger partial charge in [-0.1, -0.05) is 30.8 Å². The molecule has 0 aliphatic carbocycles. The lowest BCUT2D eigenvalue weighted by Crippen LogP contribution is -2.33. The molecule has 0 radical (unpaired) electrons. The number of anilines is 1. The molecule has 2 aromatic rings. The Kier molecular flexibility index (Phi) is 4.18. The number of nitrogens with zero attached hydrogens (tertiary/aromatic N) is 2. The number of nitrogens with two attached hydrogens (primary N) is 1. The minimum absolute atomic E-state index is 0.110. The van der Waals surface area contributed by atoms with E-state index in [9.17, 15) is 0 Å². The highest BCUT2D eigenvalue weighted by atomic mass is 32.2. The molecule has 22 heavy (non-hydrogen) atoms. The number of ether oxygens (including phenoxy) is 1. The maximum atomic E-state index is 6.24. The fourth-order valence-electron chi connectivity index (χ4n) is 2.56. The largest absolute Gasteiger partial charge is 0.383 e. The number of rotatable bonds is 4. The molecule has 1 atom stereocenters. The molecule has 1 aliphatic rings. The molecule has 0 unspecified atom stereocenters. The Balaban J connectivity index is 2.02. The number of nitrogen functional groups attached to an aromatic ring is 1. The highest BCUT2D eigenvalue weighted by Crippen LogP contribution is 2.41. The summed E-state index contributed by atoms with van der Waals surface area (Å²) in [6.45, 7) is 10.9. The topological polar surface area (TPSA) is 61.0 Å². The van der Waals surface area contributed by atoms with E-state index in [1.807, 2.05) is 6.92 Å². The van der Waals surface area contributed by atoms with Gasteiger partial charge in [-0.15, -0.1) is 11.3 Å². The third-order valence-corrected chi connectivity index (χ3v) is 6.22. The van der Waals surface area contributed by atoms with Crippen molar-refractivity contribution in [2.45, 2.75) is 51.0 Å². The summed E-state index contributed by atoms with van der Waals surface area (Å²) in [4.78, 5) is 11.4. The number of hydrogen-bond donors (Lipinski definition) is 1. The number of fused-ring (bicyclic) bond motifs is 3. The van der Waals surface area contributed by atoms with E-state index in [4.69, 9.17) is 10.5 Å². The first-order valence-electron chi connectivity index (χ1n) is 7.41. The van der Waals surface area contributed by atoms with Gasteiger partial charge < -0.3 is 10.5 Å². The van der Waals surface area contributed by atoms with Crippen LogP contribution in [-0.2, 0) is 17.8 Å². The lowest BCUT2D eigenvalue weighted by Gasteiger charge is -2.33. The van der Waals surface area contributed by atoms with E-state index in [-0.39, 0.29) is 5.60 Å². The predicted octanol–water partition coefficient (Wildman–Crippen LogP) is 4.18. The van der Waals surface area contributed by atoms with Crippen LogP contribution in [-0.4, -0.2) is 21.3 Å². The SMILES string of the molecule is C=C(C)CSc1nc(N)c2c3c(sc2n1)CO[C@@](C)(CC)C3. The summed E-state index contributed by atoms with van der Waals surface area (Å²) in [5.74, 6) is 1.40. The van der Waals surface area contributed by atoms with Crippen molar-refractivity contribution in [1.29, 1.82) is 0 Å². The van der Waals surface area contributed by atoms with Crippen LogP contribution in [0, 0.1) is 0 Å². The average Bonchev–Trinajstić information content (AvgIpc) is 2.83. The number of hydrogen-bond acceptors (Lipinski definition) is 6. The quantitative estimate of drug-likeness (QED) is 0.516. The molecule has 0 amide bonds. The van der Waals surface area contributed by atoms with E-state index in [1.54, 1.807) is 23.1 Å². The molecule has 2 N–H and O–H groups in total. The Hall–Kier alpha value is -1.11. The minimum Gasteiger partial charge on any atom is -0.383 e. The van der Waals surface area contributed by atoms with Gasteiger partial charge in [0.15, 0.2) is 5.16 Å². The van der Waals surface area contributed by atoms with E-state index < -0.39 is 0 Å². The summed E-state index contributed by atoms with van der Waals surface area (Å²) in [6.07, 6.45) is 1.86. The van der Waals surface area contributed by atoms with Gasteiger partial charge in [-0.2, -0.15) is 0 Å². The number of thiophene rings is 1. The predicted molar refractivity (Wildman–Crippen MR) is 94.6 cm³/mol. The lowest BCUT2D eigenvalue weighted by molar-refractivity contribution is -0.0542. The Morgan fingerprint density at radius 1 is 1.50 bits per heavy atom. The number of aromatic nitrogens is 2. The Morgan fingerprint density at radius 2 is 2.27 bits per heavy atom. The van der Waals surface area contributed by atoms with Crippen LogP contribution in [0.25, 0.3) is 10.2 Å².